The van der Waals surface area contributed by atoms with E-state index >= 15 is 0 Å². The Kier molecular flexibility index (Phi) is 2.91. The van der Waals surface area contributed by atoms with Crippen LogP contribution in [-0.4, -0.2) is 13.0 Å². The lowest BCUT2D eigenvalue weighted by molar-refractivity contribution is -0.123. The molecule has 1 atom stereocenters. The summed E-state index contributed by atoms with van der Waals surface area (Å²) in [7, 11) is 1.73. The summed E-state index contributed by atoms with van der Waals surface area (Å²) in [4.78, 5) is 11.3. The number of nitrogens with one attached hydrogen (secondary N) is 1. The summed E-state index contributed by atoms with van der Waals surface area (Å²) < 4.78 is 0. The molecule has 3 nitrogen and oxygen atoms in total. The zero-order valence-corrected chi connectivity index (χ0v) is 8.79. The number of hydrogen-bond donors (Lipinski definition) is 2. The summed E-state index contributed by atoms with van der Waals surface area (Å²) in [5, 5.41) is 2.95. The third kappa shape index (κ3) is 1.77. The number of amides is 1. The maximum absolute atomic E-state index is 11.3. The molecule has 3 N–H and O–H groups in total. The fourth-order valence-corrected chi connectivity index (χ4v) is 1.37. The van der Waals surface area contributed by atoms with Crippen molar-refractivity contribution in [2.75, 3.05) is 7.05 Å². The van der Waals surface area contributed by atoms with Crippen LogP contribution in [0.4, 0.5) is 0 Å². The number of aryl methyl sites for hydroxylation is 1. The van der Waals surface area contributed by atoms with Crippen molar-refractivity contribution in [1.82, 2.24) is 5.32 Å². The van der Waals surface area contributed by atoms with E-state index < -0.39 is 5.54 Å². The van der Waals surface area contributed by atoms with E-state index in [1.807, 2.05) is 31.2 Å². The molecular weight excluding hydrogens is 176 g/mol. The van der Waals surface area contributed by atoms with Crippen LogP contribution in [0.15, 0.2) is 24.3 Å². The largest absolute Gasteiger partial charge is 0.368 e. The zero-order chi connectivity index (χ0) is 10.8. The first kappa shape index (κ1) is 10.7. The van der Waals surface area contributed by atoms with Crippen molar-refractivity contribution in [3.63, 3.8) is 0 Å². The molecule has 3 heteroatoms. The molecule has 0 spiro atoms. The molecule has 1 rings (SSSR count). The van der Waals surface area contributed by atoms with E-state index in [0.717, 1.165) is 11.1 Å². The Morgan fingerprint density at radius 3 is 2.57 bits per heavy atom. The first-order chi connectivity index (χ1) is 6.50. The molecule has 14 heavy (non-hydrogen) atoms. The van der Waals surface area contributed by atoms with Crippen molar-refractivity contribution in [2.45, 2.75) is 19.4 Å². The predicted molar refractivity (Wildman–Crippen MR) is 56.8 cm³/mol. The molecule has 0 aliphatic carbocycles. The van der Waals surface area contributed by atoms with Gasteiger partial charge in [0.05, 0.1) is 0 Å². The molecule has 1 unspecified atom stereocenters. The zero-order valence-electron chi connectivity index (χ0n) is 8.79. The highest BCUT2D eigenvalue weighted by atomic mass is 16.1. The van der Waals surface area contributed by atoms with Crippen LogP contribution in [0.25, 0.3) is 0 Å². The minimum atomic E-state index is -0.786. The van der Waals surface area contributed by atoms with Crippen LogP contribution in [-0.2, 0) is 10.3 Å². The van der Waals surface area contributed by atoms with E-state index in [2.05, 4.69) is 5.32 Å². The third-order valence-electron chi connectivity index (χ3n) is 2.59. The lowest BCUT2D eigenvalue weighted by Gasteiger charge is -2.26. The minimum Gasteiger partial charge on any atom is -0.368 e. The van der Waals surface area contributed by atoms with Gasteiger partial charge in [-0.15, -0.1) is 0 Å². The van der Waals surface area contributed by atoms with Crippen LogP contribution < -0.4 is 11.1 Å². The van der Waals surface area contributed by atoms with Gasteiger partial charge in [-0.2, -0.15) is 0 Å². The first-order valence-electron chi connectivity index (χ1n) is 4.56. The van der Waals surface area contributed by atoms with Crippen LogP contribution in [0, 0.1) is 6.92 Å². The van der Waals surface area contributed by atoms with E-state index in [9.17, 15) is 4.79 Å². The summed E-state index contributed by atoms with van der Waals surface area (Å²) in [5.41, 5.74) is 6.59. The molecule has 0 aromatic heterocycles. The van der Waals surface area contributed by atoms with Crippen LogP contribution in [0.3, 0.4) is 0 Å². The molecule has 1 aromatic carbocycles. The molecule has 76 valence electrons. The Morgan fingerprint density at radius 1 is 1.50 bits per heavy atom. The highest BCUT2D eigenvalue weighted by Crippen LogP contribution is 2.20. The number of rotatable bonds is 3. The number of primary amides is 1. The van der Waals surface area contributed by atoms with Gasteiger partial charge in [-0.05, 0) is 26.5 Å². The molecule has 0 radical (unpaired) electrons. The molecule has 1 amide bonds. The predicted octanol–water partition coefficient (Wildman–Crippen LogP) is 0.915. The highest BCUT2D eigenvalue weighted by Gasteiger charge is 2.30. The molecule has 0 aliphatic rings. The fourth-order valence-electron chi connectivity index (χ4n) is 1.37. The summed E-state index contributed by atoms with van der Waals surface area (Å²) in [5.74, 6) is -0.370. The van der Waals surface area contributed by atoms with E-state index in [4.69, 9.17) is 5.73 Å². The average molecular weight is 192 g/mol. The SMILES string of the molecule is CNC(C)(C(N)=O)c1cccc(C)c1. The lowest BCUT2D eigenvalue weighted by Crippen LogP contribution is -2.48. The van der Waals surface area contributed by atoms with Crippen LogP contribution >= 0.6 is 0 Å². The second-order valence-corrected chi connectivity index (χ2v) is 3.61. The second-order valence-electron chi connectivity index (χ2n) is 3.61. The van der Waals surface area contributed by atoms with Gasteiger partial charge >= 0.3 is 0 Å². The maximum Gasteiger partial charge on any atom is 0.242 e. The summed E-state index contributed by atoms with van der Waals surface area (Å²) in [6.45, 7) is 3.77. The van der Waals surface area contributed by atoms with Gasteiger partial charge in [-0.25, -0.2) is 0 Å². The number of nitrogens with two attached hydrogens (primary N) is 1. The topological polar surface area (TPSA) is 55.1 Å². The molecule has 0 fully saturated rings. The Hall–Kier alpha value is -1.35. The smallest absolute Gasteiger partial charge is 0.242 e. The molecule has 0 aliphatic heterocycles. The fraction of sp³-hybridized carbons (Fsp3) is 0.364. The highest BCUT2D eigenvalue weighted by molar-refractivity contribution is 5.85. The Bertz CT molecular complexity index is 349. The van der Waals surface area contributed by atoms with Crippen molar-refractivity contribution < 1.29 is 4.79 Å². The summed E-state index contributed by atoms with van der Waals surface area (Å²) in [6.07, 6.45) is 0. The number of hydrogen-bond acceptors (Lipinski definition) is 2. The molecule has 0 heterocycles. The number of carbonyl (C=O) groups excluding carboxylic acids is 1. The van der Waals surface area contributed by atoms with Gasteiger partial charge in [0.25, 0.3) is 0 Å². The van der Waals surface area contributed by atoms with Gasteiger partial charge in [0, 0.05) is 0 Å². The second kappa shape index (κ2) is 3.80. The molecule has 0 bridgehead atoms. The number of carbonyl (C=O) groups is 1. The van der Waals surface area contributed by atoms with Crippen molar-refractivity contribution in [3.8, 4) is 0 Å². The summed E-state index contributed by atoms with van der Waals surface area (Å²) >= 11 is 0. The lowest BCUT2D eigenvalue weighted by atomic mass is 9.90. The van der Waals surface area contributed by atoms with Gasteiger partial charge in [0.1, 0.15) is 5.54 Å². The number of benzene rings is 1. The van der Waals surface area contributed by atoms with Crippen molar-refractivity contribution in [1.29, 1.82) is 0 Å². The molecule has 0 saturated heterocycles. The molecule has 1 aromatic rings. The van der Waals surface area contributed by atoms with Gasteiger partial charge in [0.15, 0.2) is 0 Å². The van der Waals surface area contributed by atoms with Gasteiger partial charge in [-0.1, -0.05) is 29.8 Å². The van der Waals surface area contributed by atoms with Gasteiger partial charge in [-0.3, -0.25) is 4.79 Å². The van der Waals surface area contributed by atoms with Crippen molar-refractivity contribution >= 4 is 5.91 Å². The Balaban J connectivity index is 3.19. The van der Waals surface area contributed by atoms with Crippen molar-refractivity contribution in [2.24, 2.45) is 5.73 Å². The van der Waals surface area contributed by atoms with Crippen molar-refractivity contribution in [3.05, 3.63) is 35.4 Å². The van der Waals surface area contributed by atoms with E-state index in [1.165, 1.54) is 0 Å². The Labute approximate surface area is 84.3 Å². The van der Waals surface area contributed by atoms with Crippen LogP contribution in [0.2, 0.25) is 0 Å². The van der Waals surface area contributed by atoms with Crippen LogP contribution in [0.1, 0.15) is 18.1 Å². The molecule has 0 saturated carbocycles. The first-order valence-corrected chi connectivity index (χ1v) is 4.56. The van der Waals surface area contributed by atoms with Gasteiger partial charge < -0.3 is 11.1 Å². The minimum absolute atomic E-state index is 0.370. The number of likely N-dealkylation sites (N-methyl/N-ethyl adjacent to an activating group) is 1. The van der Waals surface area contributed by atoms with E-state index in [1.54, 1.807) is 14.0 Å². The van der Waals surface area contributed by atoms with E-state index in [0.29, 0.717) is 0 Å². The Morgan fingerprint density at radius 2 is 2.14 bits per heavy atom. The van der Waals surface area contributed by atoms with E-state index in [-0.39, 0.29) is 5.91 Å². The molecular formula is C11H16N2O. The quantitative estimate of drug-likeness (QED) is 0.748. The monoisotopic (exact) mass is 192 g/mol. The maximum atomic E-state index is 11.3. The summed E-state index contributed by atoms with van der Waals surface area (Å²) in [6, 6.07) is 7.76. The third-order valence-corrected chi connectivity index (χ3v) is 2.59. The normalized spacial score (nSPS) is 14.8. The van der Waals surface area contributed by atoms with Gasteiger partial charge in [0.2, 0.25) is 5.91 Å². The average Bonchev–Trinajstić information content (AvgIpc) is 2.16. The standard InChI is InChI=1S/C11H16N2O/c1-8-5-4-6-9(7-8)11(2,13-3)10(12)14/h4-7,13H,1-3H3,(H2,12,14). The van der Waals surface area contributed by atoms with Crippen LogP contribution in [0.5, 0.6) is 0 Å².